The van der Waals surface area contributed by atoms with Crippen molar-refractivity contribution in [3.05, 3.63) is 0 Å². The SMILES string of the molecule is C[S+](C)C.O=S(=O)(O)O.O=S(=O)([O-])O. The Kier molecular flexibility index (Phi) is 11.8. The van der Waals surface area contributed by atoms with Crippen LogP contribution in [0.1, 0.15) is 0 Å². The lowest BCUT2D eigenvalue weighted by molar-refractivity contribution is 0.366. The van der Waals surface area contributed by atoms with E-state index in [1.807, 2.05) is 0 Å². The van der Waals surface area contributed by atoms with E-state index in [-0.39, 0.29) is 0 Å². The van der Waals surface area contributed by atoms with Gasteiger partial charge in [0.1, 0.15) is 0 Å². The van der Waals surface area contributed by atoms with E-state index in [0.717, 1.165) is 0 Å². The van der Waals surface area contributed by atoms with E-state index in [9.17, 15) is 0 Å². The zero-order valence-electron chi connectivity index (χ0n) is 7.61. The fourth-order valence-electron chi connectivity index (χ4n) is 0. The lowest BCUT2D eigenvalue weighted by atomic mass is 11.9. The molecule has 0 saturated carbocycles. The largest absolute Gasteiger partial charge is 0.726 e. The normalized spacial score (nSPS) is 10.9. The maximum absolute atomic E-state index is 8.74. The maximum Gasteiger partial charge on any atom is 0.394 e. The zero-order valence-corrected chi connectivity index (χ0v) is 10.1. The van der Waals surface area contributed by atoms with Crippen LogP contribution in [0, 0.1) is 0 Å². The molecule has 0 unspecified atom stereocenters. The van der Waals surface area contributed by atoms with Gasteiger partial charge in [-0.25, -0.2) is 8.42 Å². The van der Waals surface area contributed by atoms with Crippen LogP contribution in [0.25, 0.3) is 0 Å². The topological polar surface area (TPSA) is 152 Å². The molecule has 11 heteroatoms. The van der Waals surface area contributed by atoms with Crippen molar-refractivity contribution in [1.29, 1.82) is 0 Å². The molecule has 0 heterocycles. The third kappa shape index (κ3) is 184000. The molecule has 8 nitrogen and oxygen atoms in total. The first-order valence-electron chi connectivity index (χ1n) is 2.61. The lowest BCUT2D eigenvalue weighted by Gasteiger charge is -1.88. The van der Waals surface area contributed by atoms with Gasteiger partial charge in [0.2, 0.25) is 10.4 Å². The fraction of sp³-hybridized carbons (Fsp3) is 1.00. The van der Waals surface area contributed by atoms with E-state index in [0.29, 0.717) is 10.9 Å². The highest BCUT2D eigenvalue weighted by Crippen LogP contribution is 1.63. The molecule has 0 aliphatic heterocycles. The summed E-state index contributed by atoms with van der Waals surface area (Å²) in [5, 5.41) is 0. The molecule has 0 fully saturated rings. The molecule has 0 radical (unpaired) electrons. The van der Waals surface area contributed by atoms with Crippen molar-refractivity contribution >= 4 is 31.7 Å². The van der Waals surface area contributed by atoms with E-state index < -0.39 is 20.8 Å². The van der Waals surface area contributed by atoms with Crippen LogP contribution in [-0.4, -0.2) is 53.8 Å². The van der Waals surface area contributed by atoms with Gasteiger partial charge in [0, 0.05) is 0 Å². The predicted molar refractivity (Wildman–Crippen MR) is 51.6 cm³/mol. The highest BCUT2D eigenvalue weighted by atomic mass is 32.3. The standard InChI is InChI=1S/C3H9S.2H2O4S/c1-4(2)3;2*1-5(2,3)4/h1-3H3;2*(H2,1,2,3,4)/q+1;;/p-1. The van der Waals surface area contributed by atoms with E-state index >= 15 is 0 Å². The molecule has 0 atom stereocenters. The van der Waals surface area contributed by atoms with Gasteiger partial charge in [-0.05, 0) is 10.9 Å². The fourth-order valence-corrected chi connectivity index (χ4v) is 0. The van der Waals surface area contributed by atoms with Gasteiger partial charge in [-0.1, -0.05) is 0 Å². The van der Waals surface area contributed by atoms with Crippen LogP contribution in [0.2, 0.25) is 0 Å². The van der Waals surface area contributed by atoms with Gasteiger partial charge >= 0.3 is 10.4 Å². The smallest absolute Gasteiger partial charge is 0.394 e. The summed E-state index contributed by atoms with van der Waals surface area (Å²) in [5.74, 6) is 0. The molecule has 90 valence electrons. The van der Waals surface area contributed by atoms with Gasteiger partial charge in [0.05, 0.1) is 18.8 Å². The molecule has 0 spiro atoms. The molecule has 14 heavy (non-hydrogen) atoms. The van der Waals surface area contributed by atoms with E-state index in [1.54, 1.807) is 0 Å². The second-order valence-corrected chi connectivity index (χ2v) is 6.30. The van der Waals surface area contributed by atoms with E-state index in [4.69, 9.17) is 35.0 Å². The minimum Gasteiger partial charge on any atom is -0.726 e. The molecule has 0 bridgehead atoms. The number of hydrogen-bond donors (Lipinski definition) is 3. The summed E-state index contributed by atoms with van der Waals surface area (Å²) < 4.78 is 64.4. The summed E-state index contributed by atoms with van der Waals surface area (Å²) in [6, 6.07) is 0. The van der Waals surface area contributed by atoms with Crippen molar-refractivity contribution < 1.29 is 35.0 Å². The summed E-state index contributed by atoms with van der Waals surface area (Å²) >= 11 is 0. The molecule has 0 aliphatic rings. The first-order chi connectivity index (χ1) is 5.73. The van der Waals surface area contributed by atoms with Crippen molar-refractivity contribution in [2.75, 3.05) is 18.8 Å². The van der Waals surface area contributed by atoms with Gasteiger partial charge in [-0.2, -0.15) is 8.42 Å². The third-order valence-corrected chi connectivity index (χ3v) is 0. The minimum atomic E-state index is -4.92. The maximum atomic E-state index is 8.74. The zero-order chi connectivity index (χ0) is 12.6. The minimum absolute atomic E-state index is 0.639. The third-order valence-electron chi connectivity index (χ3n) is 0. The molecule has 0 rings (SSSR count). The first kappa shape index (κ1) is 19.6. The van der Waals surface area contributed by atoms with E-state index in [1.165, 1.54) is 0 Å². The Hall–Kier alpha value is 0.0900. The van der Waals surface area contributed by atoms with Crippen molar-refractivity contribution in [1.82, 2.24) is 0 Å². The molecule has 0 aromatic carbocycles. The molecule has 0 saturated heterocycles. The Morgan fingerprint density at radius 1 is 0.929 bits per heavy atom. The quantitative estimate of drug-likeness (QED) is 0.284. The summed E-state index contributed by atoms with van der Waals surface area (Å²) in [5.41, 5.74) is 0. The molecule has 0 aliphatic carbocycles. The summed E-state index contributed by atoms with van der Waals surface area (Å²) in [4.78, 5) is 0. The lowest BCUT2D eigenvalue weighted by Crippen LogP contribution is -1.90. The molecular weight excluding hydrogens is 260 g/mol. The Labute approximate surface area is 85.8 Å². The molecule has 3 N–H and O–H groups in total. The molecular formula is C3H12O8S3. The first-order valence-corrected chi connectivity index (χ1v) is 7.82. The number of hydrogen-bond acceptors (Lipinski definition) is 5. The van der Waals surface area contributed by atoms with Gasteiger partial charge < -0.3 is 4.55 Å². The van der Waals surface area contributed by atoms with Gasteiger partial charge in [0.25, 0.3) is 0 Å². The number of rotatable bonds is 0. The van der Waals surface area contributed by atoms with E-state index in [2.05, 4.69) is 18.8 Å². The Bertz CT molecular complexity index is 250. The highest BCUT2D eigenvalue weighted by molar-refractivity contribution is 7.94. The van der Waals surface area contributed by atoms with Crippen LogP contribution >= 0.6 is 0 Å². The molecule has 0 amide bonds. The van der Waals surface area contributed by atoms with Crippen molar-refractivity contribution in [3.8, 4) is 0 Å². The second kappa shape index (κ2) is 8.40. The average molecular weight is 272 g/mol. The van der Waals surface area contributed by atoms with Crippen molar-refractivity contribution in [2.45, 2.75) is 0 Å². The Morgan fingerprint density at radius 2 is 0.929 bits per heavy atom. The molecule has 0 aromatic heterocycles. The average Bonchev–Trinajstić information content (AvgIpc) is 1.45. The van der Waals surface area contributed by atoms with Crippen LogP contribution in [0.5, 0.6) is 0 Å². The summed E-state index contributed by atoms with van der Waals surface area (Å²) in [6.07, 6.45) is 6.58. The summed E-state index contributed by atoms with van der Waals surface area (Å²) in [6.45, 7) is 0. The van der Waals surface area contributed by atoms with Crippen molar-refractivity contribution in [2.24, 2.45) is 0 Å². The van der Waals surface area contributed by atoms with Crippen LogP contribution in [0.15, 0.2) is 0 Å². The predicted octanol–water partition coefficient (Wildman–Crippen LogP) is -1.15. The second-order valence-electron chi connectivity index (χ2n) is 2.10. The Balaban J connectivity index is -0.000000131. The van der Waals surface area contributed by atoms with Crippen LogP contribution in [0.4, 0.5) is 0 Å². The van der Waals surface area contributed by atoms with Crippen LogP contribution in [-0.2, 0) is 31.7 Å². The van der Waals surface area contributed by atoms with Crippen LogP contribution in [0.3, 0.4) is 0 Å². The monoisotopic (exact) mass is 272 g/mol. The van der Waals surface area contributed by atoms with Gasteiger partial charge in [-0.15, -0.1) is 0 Å². The van der Waals surface area contributed by atoms with Crippen molar-refractivity contribution in [3.63, 3.8) is 0 Å². The summed E-state index contributed by atoms with van der Waals surface area (Å²) in [7, 11) is -8.94. The van der Waals surface area contributed by atoms with Gasteiger partial charge in [0.15, 0.2) is 0 Å². The Morgan fingerprint density at radius 3 is 0.929 bits per heavy atom. The molecule has 0 aromatic rings. The van der Waals surface area contributed by atoms with Crippen LogP contribution < -0.4 is 0 Å². The highest BCUT2D eigenvalue weighted by Gasteiger charge is 1.84. The van der Waals surface area contributed by atoms with Gasteiger partial charge in [-0.3, -0.25) is 13.7 Å².